The van der Waals surface area contributed by atoms with E-state index in [9.17, 15) is 22.8 Å². The summed E-state index contributed by atoms with van der Waals surface area (Å²) < 4.78 is 56.6. The van der Waals surface area contributed by atoms with Gasteiger partial charge in [-0.1, -0.05) is 36.4 Å². The van der Waals surface area contributed by atoms with Gasteiger partial charge in [0.05, 0.1) is 16.8 Å². The van der Waals surface area contributed by atoms with Crippen LogP contribution < -0.4 is 10.9 Å². The summed E-state index contributed by atoms with van der Waals surface area (Å²) in [4.78, 5) is 26.6. The molecule has 0 saturated carbocycles. The first-order valence-electron chi connectivity index (χ1n) is 10.6. The van der Waals surface area contributed by atoms with Crippen molar-refractivity contribution in [2.24, 2.45) is 0 Å². The van der Waals surface area contributed by atoms with E-state index in [1.165, 1.54) is 6.08 Å². The van der Waals surface area contributed by atoms with Crippen LogP contribution in [0.2, 0.25) is 0 Å². The van der Waals surface area contributed by atoms with Gasteiger partial charge < -0.3 is 24.3 Å². The highest BCUT2D eigenvalue weighted by Crippen LogP contribution is 2.38. The van der Waals surface area contributed by atoms with E-state index in [-0.39, 0.29) is 24.2 Å². The van der Waals surface area contributed by atoms with Crippen LogP contribution in [-0.2, 0) is 26.8 Å². The molecule has 2 N–H and O–H groups in total. The minimum atomic E-state index is -4.64. The molecule has 2 aromatic rings. The Morgan fingerprint density at radius 3 is 2.35 bits per heavy atom. The van der Waals surface area contributed by atoms with Crippen molar-refractivity contribution in [2.75, 3.05) is 6.54 Å². The largest absolute Gasteiger partial charge is 0.492 e. The predicted octanol–water partition coefficient (Wildman–Crippen LogP) is 4.33. The Kier molecular flexibility index (Phi) is 7.28. The number of carbonyl (C=O) groups is 1. The zero-order chi connectivity index (χ0) is 25.1. The van der Waals surface area contributed by atoms with Gasteiger partial charge in [0.2, 0.25) is 0 Å². The van der Waals surface area contributed by atoms with E-state index >= 15 is 0 Å². The maximum Gasteiger partial charge on any atom is 0.492 e. The molecule has 1 saturated heterocycles. The average molecular weight is 478 g/mol. The Morgan fingerprint density at radius 1 is 1.15 bits per heavy atom. The Hall–Kier alpha value is -3.05. The fourth-order valence-electron chi connectivity index (χ4n) is 3.12. The lowest BCUT2D eigenvalue weighted by molar-refractivity contribution is -0.137. The molecule has 1 aromatic carbocycles. The lowest BCUT2D eigenvalue weighted by Crippen LogP contribution is -2.41. The molecule has 1 amide bonds. The monoisotopic (exact) mass is 478 g/mol. The maximum absolute atomic E-state index is 13.2. The van der Waals surface area contributed by atoms with Gasteiger partial charge >= 0.3 is 19.4 Å². The van der Waals surface area contributed by atoms with Gasteiger partial charge in [-0.15, -0.1) is 0 Å². The van der Waals surface area contributed by atoms with E-state index in [1.54, 1.807) is 12.1 Å². The number of rotatable bonds is 6. The molecule has 1 aromatic heterocycles. The van der Waals surface area contributed by atoms with Crippen molar-refractivity contribution >= 4 is 19.3 Å². The molecule has 1 aliphatic heterocycles. The van der Waals surface area contributed by atoms with Gasteiger partial charge in [-0.3, -0.25) is 4.79 Å². The first-order chi connectivity index (χ1) is 15.8. The van der Waals surface area contributed by atoms with E-state index in [0.29, 0.717) is 6.20 Å². The summed E-state index contributed by atoms with van der Waals surface area (Å²) >= 11 is 0. The highest BCUT2D eigenvalue weighted by Gasteiger charge is 2.52. The predicted molar refractivity (Wildman–Crippen MR) is 121 cm³/mol. The number of nitrogens with one attached hydrogen (secondary N) is 2. The normalized spacial score (nSPS) is 17.5. The fourth-order valence-corrected chi connectivity index (χ4v) is 3.12. The summed E-state index contributed by atoms with van der Waals surface area (Å²) in [6, 6.07) is 9.77. The lowest BCUT2D eigenvalue weighted by atomic mass is 9.77. The van der Waals surface area contributed by atoms with Crippen LogP contribution in [0.3, 0.4) is 0 Å². The zero-order valence-corrected chi connectivity index (χ0v) is 19.3. The molecule has 1 aliphatic rings. The summed E-state index contributed by atoms with van der Waals surface area (Å²) in [5.41, 5.74) is -2.44. The molecule has 0 atom stereocenters. The van der Waals surface area contributed by atoms with E-state index in [4.69, 9.17) is 14.0 Å². The number of pyridine rings is 1. The van der Waals surface area contributed by atoms with Crippen molar-refractivity contribution in [3.8, 4) is 0 Å². The lowest BCUT2D eigenvalue weighted by Gasteiger charge is -2.32. The Bertz CT molecular complexity index is 1100. The highest BCUT2D eigenvalue weighted by atomic mass is 19.4. The molecule has 7 nitrogen and oxygen atoms in total. The van der Waals surface area contributed by atoms with Crippen LogP contribution in [0.1, 0.15) is 44.4 Å². The smallest absolute Gasteiger partial charge is 0.445 e. The number of amides is 1. The van der Waals surface area contributed by atoms with Gasteiger partial charge in [-0.2, -0.15) is 13.2 Å². The molecule has 34 heavy (non-hydrogen) atoms. The molecular weight excluding hydrogens is 452 g/mol. The van der Waals surface area contributed by atoms with Gasteiger partial charge in [0, 0.05) is 18.3 Å². The second-order valence-corrected chi connectivity index (χ2v) is 8.89. The molecule has 11 heteroatoms. The van der Waals surface area contributed by atoms with Gasteiger partial charge in [0.15, 0.2) is 0 Å². The van der Waals surface area contributed by atoms with E-state index < -0.39 is 41.7 Å². The average Bonchev–Trinajstić information content (AvgIpc) is 2.97. The van der Waals surface area contributed by atoms with Crippen molar-refractivity contribution in [3.63, 3.8) is 0 Å². The number of aromatic amines is 1. The summed E-state index contributed by atoms with van der Waals surface area (Å²) in [6.45, 7) is 7.09. The molecule has 0 radical (unpaired) electrons. The number of aromatic nitrogens is 1. The van der Waals surface area contributed by atoms with E-state index in [1.807, 2.05) is 45.9 Å². The number of hydrogen-bond donors (Lipinski definition) is 2. The molecule has 1 fully saturated rings. The SMILES string of the molecule is CC1(C)OB(C(=Cc2cc(C(F)(F)F)c[nH]c2=O)CNC(=O)OCc2ccccc2)OC1(C)C. The molecule has 0 unspecified atom stereocenters. The van der Waals surface area contributed by atoms with Crippen molar-refractivity contribution in [1.29, 1.82) is 0 Å². The third-order valence-corrected chi connectivity index (χ3v) is 5.81. The summed E-state index contributed by atoms with van der Waals surface area (Å²) in [5.74, 6) is 0. The molecule has 3 rings (SSSR count). The Morgan fingerprint density at radius 2 is 1.76 bits per heavy atom. The van der Waals surface area contributed by atoms with Crippen LogP contribution in [-0.4, -0.2) is 35.9 Å². The standard InChI is InChI=1S/C23H26BF3N2O5/c1-21(2)22(3,4)34-24(33-21)18(11-16-10-17(23(25,26)27)12-28-19(16)30)13-29-20(31)32-14-15-8-6-5-7-9-15/h5-12H,13-14H2,1-4H3,(H,28,30)(H,29,31). The van der Waals surface area contributed by atoms with Crippen LogP contribution in [0.25, 0.3) is 6.08 Å². The quantitative estimate of drug-likeness (QED) is 0.604. The van der Waals surface area contributed by atoms with Gasteiger partial charge in [-0.25, -0.2) is 4.79 Å². The van der Waals surface area contributed by atoms with Crippen molar-refractivity contribution in [2.45, 2.75) is 51.7 Å². The number of carbonyl (C=O) groups excluding carboxylic acids is 1. The van der Waals surface area contributed by atoms with Crippen LogP contribution in [0.15, 0.2) is 52.9 Å². The Balaban J connectivity index is 1.84. The van der Waals surface area contributed by atoms with E-state index in [0.717, 1.165) is 11.6 Å². The zero-order valence-electron chi connectivity index (χ0n) is 19.3. The maximum atomic E-state index is 13.2. The van der Waals surface area contributed by atoms with Crippen molar-refractivity contribution < 1.29 is 32.0 Å². The number of hydrogen-bond acceptors (Lipinski definition) is 5. The molecule has 182 valence electrons. The number of alkyl carbamates (subject to hydrolysis) is 1. The summed E-state index contributed by atoms with van der Waals surface area (Å²) in [6.07, 6.45) is -3.55. The number of H-pyrrole nitrogens is 1. The number of benzene rings is 1. The van der Waals surface area contributed by atoms with Crippen LogP contribution in [0.5, 0.6) is 0 Å². The fraction of sp³-hybridized carbons (Fsp3) is 0.391. The van der Waals surface area contributed by atoms with Gasteiger partial charge in [-0.05, 0) is 44.8 Å². The van der Waals surface area contributed by atoms with Crippen molar-refractivity contribution in [1.82, 2.24) is 10.3 Å². The first-order valence-corrected chi connectivity index (χ1v) is 10.6. The van der Waals surface area contributed by atoms with Crippen LogP contribution in [0.4, 0.5) is 18.0 Å². The summed E-state index contributed by atoms with van der Waals surface area (Å²) in [7, 11) is -1.01. The minimum Gasteiger partial charge on any atom is -0.445 e. The minimum absolute atomic E-state index is 0.0372. The number of alkyl halides is 3. The van der Waals surface area contributed by atoms with Gasteiger partial charge in [0.1, 0.15) is 6.61 Å². The molecule has 0 bridgehead atoms. The number of ether oxygens (including phenoxy) is 1. The molecule has 0 aliphatic carbocycles. The van der Waals surface area contributed by atoms with Crippen LogP contribution >= 0.6 is 0 Å². The Labute approximate surface area is 195 Å². The molecular formula is C23H26BF3N2O5. The highest BCUT2D eigenvalue weighted by molar-refractivity contribution is 6.56. The van der Waals surface area contributed by atoms with Crippen molar-refractivity contribution in [3.05, 3.63) is 75.1 Å². The number of halogens is 3. The second-order valence-electron chi connectivity index (χ2n) is 8.89. The first kappa shape index (κ1) is 25.6. The molecule has 2 heterocycles. The third kappa shape index (κ3) is 6.09. The van der Waals surface area contributed by atoms with Crippen LogP contribution in [0, 0.1) is 0 Å². The topological polar surface area (TPSA) is 89.7 Å². The van der Waals surface area contributed by atoms with Gasteiger partial charge in [0.25, 0.3) is 5.56 Å². The molecule has 0 spiro atoms. The second kappa shape index (κ2) is 9.67. The summed E-state index contributed by atoms with van der Waals surface area (Å²) in [5, 5.41) is 2.55. The van der Waals surface area contributed by atoms with E-state index in [2.05, 4.69) is 10.3 Å². The third-order valence-electron chi connectivity index (χ3n) is 5.81.